The first-order valence-electron chi connectivity index (χ1n) is 8.65. The van der Waals surface area contributed by atoms with Crippen LogP contribution in [0.25, 0.3) is 0 Å². The molecule has 9 heteroatoms. The minimum Gasteiger partial charge on any atom is -0.465 e. The van der Waals surface area contributed by atoms with Crippen molar-refractivity contribution in [1.82, 2.24) is 0 Å². The van der Waals surface area contributed by atoms with Crippen LogP contribution < -0.4 is 10.6 Å². The molecule has 6 nitrogen and oxygen atoms in total. The Morgan fingerprint density at radius 3 is 2.50 bits per heavy atom. The molecule has 1 heterocycles. The Balaban J connectivity index is 1.75. The summed E-state index contributed by atoms with van der Waals surface area (Å²) in [7, 11) is 1.28. The molecule has 3 rings (SSSR count). The maximum absolute atomic E-state index is 13.2. The molecule has 2 amide bonds. The summed E-state index contributed by atoms with van der Waals surface area (Å²) in [6, 6.07) is 11.5. The summed E-state index contributed by atoms with van der Waals surface area (Å²) in [4.78, 5) is 37.1. The lowest BCUT2D eigenvalue weighted by molar-refractivity contribution is 0.0600. The van der Waals surface area contributed by atoms with Gasteiger partial charge in [0.25, 0.3) is 11.8 Å². The fourth-order valence-electron chi connectivity index (χ4n) is 2.65. The second-order valence-corrected chi connectivity index (χ2v) is 7.69. The van der Waals surface area contributed by atoms with Gasteiger partial charge in [-0.05, 0) is 55.0 Å². The maximum Gasteiger partial charge on any atom is 0.337 e. The van der Waals surface area contributed by atoms with E-state index in [0.717, 1.165) is 23.5 Å². The van der Waals surface area contributed by atoms with Gasteiger partial charge in [-0.3, -0.25) is 9.59 Å². The number of rotatable bonds is 5. The van der Waals surface area contributed by atoms with Gasteiger partial charge in [0, 0.05) is 5.69 Å². The smallest absolute Gasteiger partial charge is 0.337 e. The molecule has 0 atom stereocenters. The van der Waals surface area contributed by atoms with Gasteiger partial charge in [-0.25, -0.2) is 9.18 Å². The number of hydrogen-bond donors (Lipinski definition) is 2. The van der Waals surface area contributed by atoms with Crippen LogP contribution in [0.2, 0.25) is 5.02 Å². The Morgan fingerprint density at radius 1 is 1.03 bits per heavy atom. The topological polar surface area (TPSA) is 84.5 Å². The Hall–Kier alpha value is -3.23. The van der Waals surface area contributed by atoms with E-state index in [9.17, 15) is 18.8 Å². The highest BCUT2D eigenvalue weighted by Gasteiger charge is 2.18. The molecule has 0 aliphatic heterocycles. The quantitative estimate of drug-likeness (QED) is 0.531. The van der Waals surface area contributed by atoms with Crippen LogP contribution in [0.15, 0.2) is 48.5 Å². The normalized spacial score (nSPS) is 10.4. The lowest BCUT2D eigenvalue weighted by atomic mass is 10.2. The van der Waals surface area contributed by atoms with Crippen molar-refractivity contribution in [3.8, 4) is 0 Å². The van der Waals surface area contributed by atoms with E-state index in [2.05, 4.69) is 15.4 Å². The molecule has 30 heavy (non-hydrogen) atoms. The highest BCUT2D eigenvalue weighted by Crippen LogP contribution is 2.29. The van der Waals surface area contributed by atoms with E-state index in [1.807, 2.05) is 0 Å². The number of halogens is 2. The van der Waals surface area contributed by atoms with Gasteiger partial charge in [0.05, 0.1) is 33.1 Å². The molecule has 2 N–H and O–H groups in total. The molecule has 0 saturated heterocycles. The first kappa shape index (κ1) is 21.5. The molecule has 3 aromatic rings. The fraction of sp³-hybridized carbons (Fsp3) is 0.0952. The molecule has 0 radical (unpaired) electrons. The SMILES string of the molecule is COC(=O)c1cccc(NC(=O)c2sc(NC(=O)c3ccc(F)cc3Cl)cc2C)c1. The number of carbonyl (C=O) groups excluding carboxylic acids is 3. The predicted octanol–water partition coefficient (Wildman–Crippen LogP) is 5.14. The van der Waals surface area contributed by atoms with Gasteiger partial charge in [0.2, 0.25) is 0 Å². The van der Waals surface area contributed by atoms with E-state index in [1.54, 1.807) is 31.2 Å². The van der Waals surface area contributed by atoms with Gasteiger partial charge in [-0.1, -0.05) is 17.7 Å². The van der Waals surface area contributed by atoms with Crippen molar-refractivity contribution in [3.63, 3.8) is 0 Å². The number of esters is 1. The Morgan fingerprint density at radius 2 is 1.80 bits per heavy atom. The Kier molecular flexibility index (Phi) is 6.49. The van der Waals surface area contributed by atoms with Gasteiger partial charge < -0.3 is 15.4 Å². The highest BCUT2D eigenvalue weighted by molar-refractivity contribution is 7.18. The van der Waals surface area contributed by atoms with E-state index < -0.39 is 17.7 Å². The standard InChI is InChI=1S/C21H16ClFN2O4S/c1-11-8-17(25-19(26)15-7-6-13(23)10-16(15)22)30-18(11)20(27)24-14-5-3-4-12(9-14)21(28)29-2/h3-10H,1-2H3,(H,24,27)(H,25,26). The predicted molar refractivity (Wildman–Crippen MR) is 114 cm³/mol. The number of amides is 2. The zero-order valence-corrected chi connectivity index (χ0v) is 17.5. The van der Waals surface area contributed by atoms with Crippen LogP contribution in [0.4, 0.5) is 15.1 Å². The Labute approximate surface area is 180 Å². The largest absolute Gasteiger partial charge is 0.465 e. The van der Waals surface area contributed by atoms with E-state index in [-0.39, 0.29) is 16.5 Å². The van der Waals surface area contributed by atoms with Crippen molar-refractivity contribution >= 4 is 51.4 Å². The third-order valence-electron chi connectivity index (χ3n) is 4.08. The molecule has 0 aliphatic rings. The summed E-state index contributed by atoms with van der Waals surface area (Å²) in [5, 5.41) is 5.81. The van der Waals surface area contributed by atoms with Crippen LogP contribution in [-0.4, -0.2) is 24.9 Å². The van der Waals surface area contributed by atoms with Crippen molar-refractivity contribution in [2.24, 2.45) is 0 Å². The first-order valence-corrected chi connectivity index (χ1v) is 9.84. The first-order chi connectivity index (χ1) is 14.3. The molecule has 0 spiro atoms. The van der Waals surface area contributed by atoms with Gasteiger partial charge in [-0.15, -0.1) is 11.3 Å². The second kappa shape index (κ2) is 9.06. The third kappa shape index (κ3) is 4.84. The second-order valence-electron chi connectivity index (χ2n) is 6.23. The lowest BCUT2D eigenvalue weighted by Gasteiger charge is -2.06. The molecule has 0 unspecified atom stereocenters. The summed E-state index contributed by atoms with van der Waals surface area (Å²) < 4.78 is 17.8. The molecule has 1 aromatic heterocycles. The van der Waals surface area contributed by atoms with Crippen molar-refractivity contribution < 1.29 is 23.5 Å². The van der Waals surface area contributed by atoms with Gasteiger partial charge in [-0.2, -0.15) is 0 Å². The van der Waals surface area contributed by atoms with Crippen molar-refractivity contribution in [1.29, 1.82) is 0 Å². The maximum atomic E-state index is 13.2. The Bertz CT molecular complexity index is 1150. The number of thiophene rings is 1. The van der Waals surface area contributed by atoms with Crippen LogP contribution in [0.3, 0.4) is 0 Å². The molecular weight excluding hydrogens is 431 g/mol. The minimum absolute atomic E-state index is 0.00997. The molecule has 0 saturated carbocycles. The minimum atomic E-state index is -0.543. The van der Waals surface area contributed by atoms with Crippen LogP contribution in [-0.2, 0) is 4.74 Å². The van der Waals surface area contributed by atoms with E-state index in [1.165, 1.54) is 19.2 Å². The van der Waals surface area contributed by atoms with E-state index in [4.69, 9.17) is 11.6 Å². The van der Waals surface area contributed by atoms with Crippen LogP contribution in [0.5, 0.6) is 0 Å². The van der Waals surface area contributed by atoms with Gasteiger partial charge in [0.15, 0.2) is 0 Å². The lowest BCUT2D eigenvalue weighted by Crippen LogP contribution is -2.12. The average molecular weight is 447 g/mol. The molecule has 0 bridgehead atoms. The van der Waals surface area contributed by atoms with E-state index >= 15 is 0 Å². The van der Waals surface area contributed by atoms with Crippen molar-refractivity contribution in [3.05, 3.63) is 80.9 Å². The van der Waals surface area contributed by atoms with Crippen molar-refractivity contribution in [2.75, 3.05) is 17.7 Å². The highest BCUT2D eigenvalue weighted by atomic mass is 35.5. The summed E-state index contributed by atoms with van der Waals surface area (Å²) in [5.74, 6) is -1.96. The molecule has 154 valence electrons. The summed E-state index contributed by atoms with van der Waals surface area (Å²) in [6.07, 6.45) is 0. The average Bonchev–Trinajstić information content (AvgIpc) is 3.07. The van der Waals surface area contributed by atoms with Gasteiger partial charge >= 0.3 is 5.97 Å². The van der Waals surface area contributed by atoms with Crippen LogP contribution in [0.1, 0.15) is 36.0 Å². The molecule has 0 fully saturated rings. The number of anilines is 2. The number of aryl methyl sites for hydroxylation is 1. The summed E-state index contributed by atoms with van der Waals surface area (Å²) in [5.41, 5.74) is 1.51. The third-order valence-corrected chi connectivity index (χ3v) is 5.54. The number of methoxy groups -OCH3 is 1. The number of nitrogens with one attached hydrogen (secondary N) is 2. The van der Waals surface area contributed by atoms with Crippen LogP contribution in [0, 0.1) is 12.7 Å². The zero-order chi connectivity index (χ0) is 21.8. The number of benzene rings is 2. The van der Waals surface area contributed by atoms with Crippen LogP contribution >= 0.6 is 22.9 Å². The van der Waals surface area contributed by atoms with E-state index in [0.29, 0.717) is 26.7 Å². The molecule has 0 aliphatic carbocycles. The van der Waals surface area contributed by atoms with Gasteiger partial charge in [0.1, 0.15) is 5.82 Å². The zero-order valence-electron chi connectivity index (χ0n) is 15.9. The fourth-order valence-corrected chi connectivity index (χ4v) is 3.87. The number of hydrogen-bond acceptors (Lipinski definition) is 5. The number of carbonyl (C=O) groups is 3. The number of ether oxygens (including phenoxy) is 1. The molecule has 2 aromatic carbocycles. The monoisotopic (exact) mass is 446 g/mol. The summed E-state index contributed by atoms with van der Waals surface area (Å²) in [6.45, 7) is 1.73. The van der Waals surface area contributed by atoms with Crippen molar-refractivity contribution in [2.45, 2.75) is 6.92 Å². The summed E-state index contributed by atoms with van der Waals surface area (Å²) >= 11 is 7.00. The molecular formula is C21H16ClFN2O4S.